The number of ether oxygens (including phenoxy) is 3. The van der Waals surface area contributed by atoms with Gasteiger partial charge in [-0.3, -0.25) is 9.69 Å². The first-order valence-corrected chi connectivity index (χ1v) is 15.0. The van der Waals surface area contributed by atoms with Gasteiger partial charge in [0.2, 0.25) is 0 Å². The number of fused-ring (bicyclic) bond motifs is 1. The van der Waals surface area contributed by atoms with Gasteiger partial charge in [0.15, 0.2) is 11.5 Å². The second-order valence-electron chi connectivity index (χ2n) is 12.0. The van der Waals surface area contributed by atoms with E-state index in [1.807, 2.05) is 6.92 Å². The van der Waals surface area contributed by atoms with Gasteiger partial charge in [-0.25, -0.2) is 9.37 Å². The molecule has 4 N–H and O–H groups in total. The van der Waals surface area contributed by atoms with Gasteiger partial charge in [0.1, 0.15) is 36.1 Å². The average molecular weight is 605 g/mol. The summed E-state index contributed by atoms with van der Waals surface area (Å²) >= 11 is 0. The summed E-state index contributed by atoms with van der Waals surface area (Å²) in [7, 11) is 1.53. The molecule has 2 aliphatic heterocycles. The molecule has 5 rings (SSSR count). The zero-order chi connectivity index (χ0) is 31.5. The maximum Gasteiger partial charge on any atom is 0.251 e. The number of piperidine rings is 1. The summed E-state index contributed by atoms with van der Waals surface area (Å²) in [4.78, 5) is 20.3. The largest absolute Gasteiger partial charge is 0.493 e. The lowest BCUT2D eigenvalue weighted by Gasteiger charge is -2.27. The second-order valence-corrected chi connectivity index (χ2v) is 12.0. The molecule has 0 unspecified atom stereocenters. The molecule has 0 saturated carbocycles. The van der Waals surface area contributed by atoms with Crippen LogP contribution in [0.5, 0.6) is 17.2 Å². The van der Waals surface area contributed by atoms with Crippen molar-refractivity contribution in [3.63, 3.8) is 0 Å². The lowest BCUT2D eigenvalue weighted by Crippen LogP contribution is -2.39. The highest BCUT2D eigenvalue weighted by Gasteiger charge is 2.42. The first-order chi connectivity index (χ1) is 21.0. The van der Waals surface area contributed by atoms with E-state index in [-0.39, 0.29) is 19.0 Å². The smallest absolute Gasteiger partial charge is 0.251 e. The standard InChI is InChI=1S/C34H41FN4O5/c1-22(36)33(2)21-44-31-26(33)19-29(38-30(31)23-8-11-25(35)12-9-23)34(3,41)20-37-32(40)24-10-13-27(28(18-24)42-4)43-17-16-39-14-6-5-7-15-39/h8-13,18-19,41H,1,5-7,14-17,20-21,36H2,2-4H3,(H,37,40)/t33-,34+/m1/s1. The number of carbonyl (C=O) groups excluding carboxylic acids is 1. The molecule has 2 atom stereocenters. The molecular weight excluding hydrogens is 563 g/mol. The van der Waals surface area contributed by atoms with Crippen LogP contribution in [-0.4, -0.2) is 67.4 Å². The maximum absolute atomic E-state index is 13.7. The molecule has 234 valence electrons. The number of likely N-dealkylation sites (tertiary alicyclic amines) is 1. The Hall–Kier alpha value is -4.15. The molecular formula is C34H41FN4O5. The van der Waals surface area contributed by atoms with Gasteiger partial charge in [0, 0.05) is 28.9 Å². The summed E-state index contributed by atoms with van der Waals surface area (Å²) in [6, 6.07) is 12.6. The van der Waals surface area contributed by atoms with Crippen molar-refractivity contribution in [1.29, 1.82) is 0 Å². The molecule has 1 fully saturated rings. The second kappa shape index (κ2) is 12.8. The van der Waals surface area contributed by atoms with Crippen LogP contribution < -0.4 is 25.3 Å². The zero-order valence-corrected chi connectivity index (χ0v) is 25.6. The first kappa shape index (κ1) is 31.3. The predicted molar refractivity (Wildman–Crippen MR) is 166 cm³/mol. The number of carbonyl (C=O) groups is 1. The Morgan fingerprint density at radius 3 is 2.59 bits per heavy atom. The van der Waals surface area contributed by atoms with Crippen LogP contribution in [0.25, 0.3) is 11.3 Å². The van der Waals surface area contributed by atoms with Gasteiger partial charge in [-0.05, 0) is 88.3 Å². The number of methoxy groups -OCH3 is 1. The van der Waals surface area contributed by atoms with Crippen molar-refractivity contribution in [3.8, 4) is 28.5 Å². The first-order valence-electron chi connectivity index (χ1n) is 15.0. The third-order valence-electron chi connectivity index (χ3n) is 8.58. The van der Waals surface area contributed by atoms with Crippen molar-refractivity contribution in [1.82, 2.24) is 15.2 Å². The molecule has 1 amide bonds. The molecule has 3 aromatic rings. The highest BCUT2D eigenvalue weighted by Crippen LogP contribution is 2.47. The lowest BCUT2D eigenvalue weighted by atomic mass is 9.80. The number of hydrogen-bond donors (Lipinski definition) is 3. The van der Waals surface area contributed by atoms with Crippen molar-refractivity contribution in [2.45, 2.75) is 44.1 Å². The van der Waals surface area contributed by atoms with E-state index in [9.17, 15) is 14.3 Å². The van der Waals surface area contributed by atoms with E-state index in [0.29, 0.717) is 57.6 Å². The van der Waals surface area contributed by atoms with Crippen LogP contribution in [0.3, 0.4) is 0 Å². The molecule has 0 spiro atoms. The van der Waals surface area contributed by atoms with Gasteiger partial charge in [0.25, 0.3) is 5.91 Å². The van der Waals surface area contributed by atoms with Gasteiger partial charge in [-0.1, -0.05) is 13.0 Å². The monoisotopic (exact) mass is 604 g/mol. The number of aliphatic hydroxyl groups is 1. The Bertz CT molecular complexity index is 1520. The summed E-state index contributed by atoms with van der Waals surface area (Å²) in [6.07, 6.45) is 3.72. The SMILES string of the molecule is C=C(N)[C@@]1(C)COc2c1cc([C@@](C)(O)CNC(=O)c1ccc(OCCN3CCCCC3)c(OC)c1)nc2-c1ccc(F)cc1. The van der Waals surface area contributed by atoms with Crippen molar-refractivity contribution in [3.05, 3.63) is 83.4 Å². The van der Waals surface area contributed by atoms with E-state index in [0.717, 1.165) is 19.6 Å². The summed E-state index contributed by atoms with van der Waals surface area (Å²) in [5.74, 6) is 0.738. The normalized spacial score (nSPS) is 19.4. The molecule has 9 nitrogen and oxygen atoms in total. The number of nitrogens with two attached hydrogens (primary N) is 1. The Morgan fingerprint density at radius 2 is 1.91 bits per heavy atom. The molecule has 0 bridgehead atoms. The van der Waals surface area contributed by atoms with E-state index >= 15 is 0 Å². The zero-order valence-electron chi connectivity index (χ0n) is 25.6. The van der Waals surface area contributed by atoms with Gasteiger partial charge in [-0.15, -0.1) is 0 Å². The lowest BCUT2D eigenvalue weighted by molar-refractivity contribution is 0.0489. The van der Waals surface area contributed by atoms with E-state index in [2.05, 4.69) is 16.8 Å². The van der Waals surface area contributed by atoms with Crippen LogP contribution in [0.2, 0.25) is 0 Å². The third kappa shape index (κ3) is 6.51. The van der Waals surface area contributed by atoms with Crippen molar-refractivity contribution >= 4 is 5.91 Å². The van der Waals surface area contributed by atoms with Crippen LogP contribution >= 0.6 is 0 Å². The maximum atomic E-state index is 13.7. The minimum Gasteiger partial charge on any atom is -0.493 e. The highest BCUT2D eigenvalue weighted by atomic mass is 19.1. The third-order valence-corrected chi connectivity index (χ3v) is 8.58. The summed E-state index contributed by atoms with van der Waals surface area (Å²) < 4.78 is 31.2. The Morgan fingerprint density at radius 1 is 1.18 bits per heavy atom. The van der Waals surface area contributed by atoms with Gasteiger partial charge in [-0.2, -0.15) is 0 Å². The van der Waals surface area contributed by atoms with E-state index in [1.54, 1.807) is 43.3 Å². The van der Waals surface area contributed by atoms with Crippen molar-refractivity contribution in [2.75, 3.05) is 46.5 Å². The number of nitrogens with zero attached hydrogens (tertiary/aromatic N) is 2. The minimum atomic E-state index is -1.58. The number of nitrogens with one attached hydrogen (secondary N) is 1. The molecule has 0 aliphatic carbocycles. The van der Waals surface area contributed by atoms with Crippen LogP contribution in [0.15, 0.2) is 60.8 Å². The molecule has 2 aliphatic rings. The topological polar surface area (TPSA) is 119 Å². The number of rotatable bonds is 11. The molecule has 3 heterocycles. The summed E-state index contributed by atoms with van der Waals surface area (Å²) in [5.41, 5.74) is 6.69. The van der Waals surface area contributed by atoms with Crippen molar-refractivity contribution in [2.24, 2.45) is 5.73 Å². The fourth-order valence-electron chi connectivity index (χ4n) is 5.57. The van der Waals surface area contributed by atoms with E-state index in [1.165, 1.54) is 38.5 Å². The molecule has 1 aromatic heterocycles. The molecule has 0 radical (unpaired) electrons. The molecule has 44 heavy (non-hydrogen) atoms. The van der Waals surface area contributed by atoms with Crippen LogP contribution in [0.4, 0.5) is 4.39 Å². The number of aromatic nitrogens is 1. The van der Waals surface area contributed by atoms with Gasteiger partial charge >= 0.3 is 0 Å². The Balaban J connectivity index is 1.33. The number of hydrogen-bond acceptors (Lipinski definition) is 8. The average Bonchev–Trinajstić information content (AvgIpc) is 3.38. The number of benzene rings is 2. The summed E-state index contributed by atoms with van der Waals surface area (Å²) in [6.45, 7) is 11.1. The fourth-order valence-corrected chi connectivity index (χ4v) is 5.57. The fraction of sp³-hybridized carbons (Fsp3) is 0.412. The predicted octanol–water partition coefficient (Wildman–Crippen LogP) is 4.52. The van der Waals surface area contributed by atoms with Crippen LogP contribution in [0.1, 0.15) is 54.7 Å². The molecule has 2 aromatic carbocycles. The van der Waals surface area contributed by atoms with Gasteiger partial charge < -0.3 is 30.4 Å². The van der Waals surface area contributed by atoms with Crippen LogP contribution in [0, 0.1) is 5.82 Å². The van der Waals surface area contributed by atoms with Crippen molar-refractivity contribution < 1.29 is 28.5 Å². The quantitative estimate of drug-likeness (QED) is 0.292. The Kier molecular flexibility index (Phi) is 9.12. The Labute approximate surface area is 257 Å². The van der Waals surface area contributed by atoms with E-state index in [4.69, 9.17) is 24.9 Å². The minimum absolute atomic E-state index is 0.141. The summed E-state index contributed by atoms with van der Waals surface area (Å²) in [5, 5.41) is 14.4. The number of amides is 1. The number of pyridine rings is 1. The van der Waals surface area contributed by atoms with E-state index < -0.39 is 16.9 Å². The van der Waals surface area contributed by atoms with Gasteiger partial charge in [0.05, 0.1) is 24.8 Å². The number of halogens is 1. The van der Waals surface area contributed by atoms with Crippen LogP contribution in [-0.2, 0) is 11.0 Å². The molecule has 10 heteroatoms. The molecule has 1 saturated heterocycles. The highest BCUT2D eigenvalue weighted by molar-refractivity contribution is 5.95.